The van der Waals surface area contributed by atoms with E-state index in [-0.39, 0.29) is 12.5 Å². The highest BCUT2D eigenvalue weighted by Crippen LogP contribution is 2.44. The first kappa shape index (κ1) is 17.9. The first-order valence-corrected chi connectivity index (χ1v) is 8.27. The van der Waals surface area contributed by atoms with Crippen molar-refractivity contribution < 1.29 is 23.8 Å². The lowest BCUT2D eigenvalue weighted by atomic mass is 9.98. The molecule has 2 aromatic carbocycles. The van der Waals surface area contributed by atoms with Crippen molar-refractivity contribution in [3.05, 3.63) is 59.7 Å². The molecule has 0 radical (unpaired) electrons. The van der Waals surface area contributed by atoms with E-state index in [4.69, 9.17) is 9.47 Å². The van der Waals surface area contributed by atoms with Crippen molar-refractivity contribution in [1.82, 2.24) is 5.32 Å². The molecule has 26 heavy (non-hydrogen) atoms. The second kappa shape index (κ2) is 7.17. The summed E-state index contributed by atoms with van der Waals surface area (Å²) in [5, 5.41) is 2.41. The molecule has 1 N–H and O–H groups in total. The number of amides is 1. The number of fused-ring (bicyclic) bond motifs is 3. The molecule has 1 unspecified atom stereocenters. The first-order valence-electron chi connectivity index (χ1n) is 8.27. The van der Waals surface area contributed by atoms with Gasteiger partial charge in [-0.25, -0.2) is 9.59 Å². The van der Waals surface area contributed by atoms with Gasteiger partial charge in [-0.3, -0.25) is 5.32 Å². The zero-order valence-corrected chi connectivity index (χ0v) is 14.9. The molecule has 1 aliphatic rings. The summed E-state index contributed by atoms with van der Waals surface area (Å²) in [6.07, 6.45) is -0.749. The largest absolute Gasteiger partial charge is 0.465 e. The van der Waals surface area contributed by atoms with Crippen molar-refractivity contribution >= 4 is 12.1 Å². The average molecular weight is 355 g/mol. The normalized spacial score (nSPS) is 14.7. The second-order valence-corrected chi connectivity index (χ2v) is 6.18. The Balaban J connectivity index is 1.74. The molecule has 0 fully saturated rings. The lowest BCUT2D eigenvalue weighted by molar-refractivity contribution is -0.167. The molecule has 2 aromatic rings. The summed E-state index contributed by atoms with van der Waals surface area (Å²) in [7, 11) is 2.53. The molecule has 0 heterocycles. The number of carbonyl (C=O) groups excluding carboxylic acids is 2. The average Bonchev–Trinajstić information content (AvgIpc) is 2.99. The van der Waals surface area contributed by atoms with Gasteiger partial charge in [0.15, 0.2) is 0 Å². The van der Waals surface area contributed by atoms with Gasteiger partial charge in [0, 0.05) is 13.0 Å². The third-order valence-electron chi connectivity index (χ3n) is 4.67. The van der Waals surface area contributed by atoms with Crippen LogP contribution in [0.1, 0.15) is 24.0 Å². The summed E-state index contributed by atoms with van der Waals surface area (Å²) < 4.78 is 15.1. The summed E-state index contributed by atoms with van der Waals surface area (Å²) in [5.74, 6) is -0.770. The van der Waals surface area contributed by atoms with Crippen LogP contribution in [0.4, 0.5) is 4.79 Å². The maximum absolute atomic E-state index is 12.2. The molecule has 1 amide bonds. The quantitative estimate of drug-likeness (QED) is 0.659. The Morgan fingerprint density at radius 1 is 1.00 bits per heavy atom. The summed E-state index contributed by atoms with van der Waals surface area (Å²) in [4.78, 5) is 24.0. The monoisotopic (exact) mass is 355 g/mol. The van der Waals surface area contributed by atoms with E-state index in [9.17, 15) is 9.59 Å². The van der Waals surface area contributed by atoms with Gasteiger partial charge in [0.1, 0.15) is 6.61 Å². The lowest BCUT2D eigenvalue weighted by Crippen LogP contribution is -2.54. The van der Waals surface area contributed by atoms with E-state index in [1.165, 1.54) is 21.1 Å². The molecule has 1 atom stereocenters. The lowest BCUT2D eigenvalue weighted by Gasteiger charge is -2.26. The van der Waals surface area contributed by atoms with Gasteiger partial charge in [-0.2, -0.15) is 0 Å². The SMILES string of the molecule is COC(=O)C(C)(NC(=O)OCC1c2ccccc2-c2ccccc21)OC. The highest BCUT2D eigenvalue weighted by atomic mass is 16.6. The van der Waals surface area contributed by atoms with Gasteiger partial charge in [0.2, 0.25) is 5.72 Å². The van der Waals surface area contributed by atoms with Crippen LogP contribution in [0.5, 0.6) is 0 Å². The minimum Gasteiger partial charge on any atom is -0.465 e. The van der Waals surface area contributed by atoms with Crippen molar-refractivity contribution in [2.24, 2.45) is 0 Å². The van der Waals surface area contributed by atoms with Crippen LogP contribution in [0.15, 0.2) is 48.5 Å². The maximum atomic E-state index is 12.2. The third-order valence-corrected chi connectivity index (χ3v) is 4.67. The van der Waals surface area contributed by atoms with Crippen LogP contribution in [0.2, 0.25) is 0 Å². The fourth-order valence-corrected chi connectivity index (χ4v) is 3.21. The molecule has 6 heteroatoms. The number of methoxy groups -OCH3 is 2. The van der Waals surface area contributed by atoms with Crippen molar-refractivity contribution in [3.8, 4) is 11.1 Å². The van der Waals surface area contributed by atoms with Crippen molar-refractivity contribution in [3.63, 3.8) is 0 Å². The van der Waals surface area contributed by atoms with Crippen LogP contribution >= 0.6 is 0 Å². The van der Waals surface area contributed by atoms with E-state index in [0.29, 0.717) is 0 Å². The van der Waals surface area contributed by atoms with Gasteiger partial charge in [-0.1, -0.05) is 48.5 Å². The third kappa shape index (κ3) is 3.15. The second-order valence-electron chi connectivity index (χ2n) is 6.18. The van der Waals surface area contributed by atoms with Crippen LogP contribution in [-0.4, -0.2) is 38.6 Å². The molecule has 6 nitrogen and oxygen atoms in total. The number of nitrogens with one attached hydrogen (secondary N) is 1. The zero-order valence-electron chi connectivity index (χ0n) is 14.9. The highest BCUT2D eigenvalue weighted by molar-refractivity contribution is 5.84. The summed E-state index contributed by atoms with van der Waals surface area (Å²) in [6, 6.07) is 16.1. The van der Waals surface area contributed by atoms with Gasteiger partial charge in [0.25, 0.3) is 0 Å². The number of benzene rings is 2. The van der Waals surface area contributed by atoms with Crippen molar-refractivity contribution in [2.45, 2.75) is 18.6 Å². The Labute approximate surface area is 152 Å². The molecule has 0 saturated carbocycles. The van der Waals surface area contributed by atoms with Crippen molar-refractivity contribution in [2.75, 3.05) is 20.8 Å². The molecule has 0 saturated heterocycles. The fourth-order valence-electron chi connectivity index (χ4n) is 3.21. The molecular formula is C20H21NO5. The van der Waals surface area contributed by atoms with Gasteiger partial charge in [-0.15, -0.1) is 0 Å². The Morgan fingerprint density at radius 3 is 2.04 bits per heavy atom. The Hall–Kier alpha value is -2.86. The predicted molar refractivity (Wildman–Crippen MR) is 95.6 cm³/mol. The Kier molecular flexibility index (Phi) is 4.95. The van der Waals surface area contributed by atoms with Crippen molar-refractivity contribution in [1.29, 1.82) is 0 Å². The zero-order chi connectivity index (χ0) is 18.7. The van der Waals surface area contributed by atoms with Crippen LogP contribution in [0, 0.1) is 0 Å². The number of hydrogen-bond donors (Lipinski definition) is 1. The molecule has 0 aromatic heterocycles. The molecule has 3 rings (SSSR count). The smallest absolute Gasteiger partial charge is 0.409 e. The molecule has 1 aliphatic carbocycles. The van der Waals surface area contributed by atoms with Gasteiger partial charge >= 0.3 is 12.1 Å². The first-order chi connectivity index (χ1) is 12.5. The number of hydrogen-bond acceptors (Lipinski definition) is 5. The van der Waals surface area contributed by atoms with Gasteiger partial charge in [-0.05, 0) is 29.2 Å². The minimum atomic E-state index is -1.60. The molecule has 0 spiro atoms. The van der Waals surface area contributed by atoms with E-state index in [0.717, 1.165) is 22.3 Å². The highest BCUT2D eigenvalue weighted by Gasteiger charge is 2.37. The van der Waals surface area contributed by atoms with Crippen LogP contribution < -0.4 is 5.32 Å². The summed E-state index contributed by atoms with van der Waals surface area (Å²) in [6.45, 7) is 1.56. The number of ether oxygens (including phenoxy) is 3. The summed E-state index contributed by atoms with van der Waals surface area (Å²) in [5.41, 5.74) is 2.92. The van der Waals surface area contributed by atoms with Crippen LogP contribution in [0.3, 0.4) is 0 Å². The predicted octanol–water partition coefficient (Wildman–Crippen LogP) is 3.06. The molecule has 0 aliphatic heterocycles. The van der Waals surface area contributed by atoms with E-state index in [2.05, 4.69) is 22.2 Å². The number of carbonyl (C=O) groups is 2. The van der Waals surface area contributed by atoms with Crippen LogP contribution in [-0.2, 0) is 19.0 Å². The maximum Gasteiger partial charge on any atom is 0.409 e. The molecule has 0 bridgehead atoms. The number of rotatable bonds is 5. The van der Waals surface area contributed by atoms with E-state index < -0.39 is 17.8 Å². The van der Waals surface area contributed by atoms with Gasteiger partial charge < -0.3 is 14.2 Å². The van der Waals surface area contributed by atoms with E-state index >= 15 is 0 Å². The Morgan fingerprint density at radius 2 is 1.54 bits per heavy atom. The molecular weight excluding hydrogens is 334 g/mol. The number of alkyl carbamates (subject to hydrolysis) is 1. The summed E-state index contributed by atoms with van der Waals surface area (Å²) >= 11 is 0. The van der Waals surface area contributed by atoms with E-state index in [1.54, 1.807) is 0 Å². The number of esters is 1. The molecule has 136 valence electrons. The fraction of sp³-hybridized carbons (Fsp3) is 0.300. The topological polar surface area (TPSA) is 73.9 Å². The minimum absolute atomic E-state index is 0.0555. The van der Waals surface area contributed by atoms with E-state index in [1.807, 2.05) is 36.4 Å². The standard InChI is InChI=1S/C20H21NO5/c1-20(25-3,18(22)24-2)21-19(23)26-12-17-15-10-6-4-8-13(15)14-9-5-7-11-16(14)17/h4-11,17H,12H2,1-3H3,(H,21,23). The Bertz CT molecular complexity index is 789. The van der Waals surface area contributed by atoms with Crippen LogP contribution in [0.25, 0.3) is 11.1 Å². The van der Waals surface area contributed by atoms with Gasteiger partial charge in [0.05, 0.1) is 7.11 Å².